The van der Waals surface area contributed by atoms with E-state index in [1.54, 1.807) is 12.1 Å². The topological polar surface area (TPSA) is 57.9 Å². The van der Waals surface area contributed by atoms with Crippen LogP contribution in [-0.4, -0.2) is 70.5 Å². The highest BCUT2D eigenvalue weighted by molar-refractivity contribution is 7.80. The van der Waals surface area contributed by atoms with Crippen LogP contribution in [0.1, 0.15) is 17.9 Å². The number of ether oxygens (including phenoxy) is 1. The number of hydrogen-bond acceptors (Lipinski definition) is 6. The summed E-state index contributed by atoms with van der Waals surface area (Å²) in [4.78, 5) is 6.58. The molecule has 36 heavy (non-hydrogen) atoms. The maximum absolute atomic E-state index is 15.1. The van der Waals surface area contributed by atoms with Crippen molar-refractivity contribution in [1.82, 2.24) is 20.0 Å². The van der Waals surface area contributed by atoms with Crippen molar-refractivity contribution in [1.29, 1.82) is 0 Å². The number of likely N-dealkylation sites (tertiary alicyclic amines) is 2. The van der Waals surface area contributed by atoms with Gasteiger partial charge in [0.15, 0.2) is 5.11 Å². The lowest BCUT2D eigenvalue weighted by atomic mass is 9.72. The number of thiocarbonyl (C=S) groups is 1. The van der Waals surface area contributed by atoms with Crippen molar-refractivity contribution >= 4 is 23.0 Å². The quantitative estimate of drug-likeness (QED) is 0.455. The Kier molecular flexibility index (Phi) is 5.93. The summed E-state index contributed by atoms with van der Waals surface area (Å²) in [6.45, 7) is 5.74. The van der Waals surface area contributed by atoms with E-state index in [1.165, 1.54) is 6.07 Å². The van der Waals surface area contributed by atoms with Gasteiger partial charge in [-0.2, -0.15) is 8.78 Å². The highest BCUT2D eigenvalue weighted by Gasteiger charge is 2.55. The molecule has 0 saturated carbocycles. The molecule has 3 fully saturated rings. The number of aromatic nitrogens is 2. The molecule has 0 aliphatic carbocycles. The number of nitrogens with zero attached hydrogens (tertiary/aromatic N) is 5. The number of benzene rings is 2. The van der Waals surface area contributed by atoms with Crippen LogP contribution in [0.25, 0.3) is 11.5 Å². The Balaban J connectivity index is 1.17. The molecular formula is C25H24F3N5O2S. The van der Waals surface area contributed by atoms with E-state index < -0.39 is 18.1 Å². The summed E-state index contributed by atoms with van der Waals surface area (Å²) in [6.07, 6.45) is -2.88. The van der Waals surface area contributed by atoms with Gasteiger partial charge in [-0.1, -0.05) is 24.3 Å². The molecule has 0 N–H and O–H groups in total. The van der Waals surface area contributed by atoms with Gasteiger partial charge in [0.1, 0.15) is 5.82 Å². The zero-order valence-corrected chi connectivity index (χ0v) is 20.1. The Labute approximate surface area is 211 Å². The molecule has 1 spiro atoms. The second-order valence-electron chi connectivity index (χ2n) is 9.71. The Hall–Kier alpha value is -3.02. The van der Waals surface area contributed by atoms with Crippen LogP contribution < -0.4 is 4.90 Å². The lowest BCUT2D eigenvalue weighted by Crippen LogP contribution is -2.76. The molecule has 3 aromatic rings. The molecule has 0 amide bonds. The minimum Gasteiger partial charge on any atom is -0.415 e. The zero-order valence-electron chi connectivity index (χ0n) is 19.3. The summed E-state index contributed by atoms with van der Waals surface area (Å²) in [5, 5.41) is 7.56. The first-order valence-electron chi connectivity index (χ1n) is 11.7. The Bertz CT molecular complexity index is 1260. The average molecular weight is 516 g/mol. The van der Waals surface area contributed by atoms with Crippen LogP contribution in [0.15, 0.2) is 52.9 Å². The van der Waals surface area contributed by atoms with Gasteiger partial charge in [0.05, 0.1) is 25.8 Å². The molecule has 3 aliphatic rings. The fourth-order valence-electron chi connectivity index (χ4n) is 5.07. The molecule has 0 unspecified atom stereocenters. The third-order valence-corrected chi connectivity index (χ3v) is 7.57. The fourth-order valence-corrected chi connectivity index (χ4v) is 5.37. The molecule has 7 nitrogen and oxygen atoms in total. The van der Waals surface area contributed by atoms with Crippen LogP contribution in [0, 0.1) is 11.2 Å². The number of halogens is 3. The maximum atomic E-state index is 15.1. The van der Waals surface area contributed by atoms with Gasteiger partial charge in [0.25, 0.3) is 5.89 Å². The Morgan fingerprint density at radius 3 is 2.44 bits per heavy atom. The maximum Gasteiger partial charge on any atom is 0.314 e. The SMILES string of the molecule is Fc1cc(-c2nnc(C(F)F)o2)ccc1CN(C(=S)N1CC2(C1)CN(C1COC1)C2)c1ccccc1. The average Bonchev–Trinajstić information content (AvgIpc) is 3.28. The molecular weight excluding hydrogens is 491 g/mol. The van der Waals surface area contributed by atoms with Crippen molar-refractivity contribution in [3.63, 3.8) is 0 Å². The molecule has 4 heterocycles. The van der Waals surface area contributed by atoms with Crippen molar-refractivity contribution in [3.05, 3.63) is 65.8 Å². The van der Waals surface area contributed by atoms with E-state index >= 15 is 4.39 Å². The van der Waals surface area contributed by atoms with Crippen LogP contribution in [0.2, 0.25) is 0 Å². The summed E-state index contributed by atoms with van der Waals surface area (Å²) < 4.78 is 50.9. The summed E-state index contributed by atoms with van der Waals surface area (Å²) in [6, 6.07) is 14.6. The number of rotatable bonds is 6. The summed E-state index contributed by atoms with van der Waals surface area (Å²) in [7, 11) is 0. The van der Waals surface area contributed by atoms with Crippen LogP contribution in [0.3, 0.4) is 0 Å². The van der Waals surface area contributed by atoms with E-state index in [4.69, 9.17) is 21.4 Å². The van der Waals surface area contributed by atoms with Crippen LogP contribution in [-0.2, 0) is 11.3 Å². The van der Waals surface area contributed by atoms with Gasteiger partial charge in [-0.05, 0) is 36.5 Å². The first kappa shape index (κ1) is 23.4. The van der Waals surface area contributed by atoms with E-state index in [0.29, 0.717) is 16.7 Å². The second-order valence-corrected chi connectivity index (χ2v) is 10.1. The van der Waals surface area contributed by atoms with E-state index in [2.05, 4.69) is 20.0 Å². The van der Waals surface area contributed by atoms with Crippen LogP contribution >= 0.6 is 12.2 Å². The first-order chi connectivity index (χ1) is 17.4. The Morgan fingerprint density at radius 1 is 1.08 bits per heavy atom. The van der Waals surface area contributed by atoms with Gasteiger partial charge in [-0.15, -0.1) is 10.2 Å². The second kappa shape index (κ2) is 9.13. The fraction of sp³-hybridized carbons (Fsp3) is 0.400. The van der Waals surface area contributed by atoms with Crippen molar-refractivity contribution in [3.8, 4) is 11.5 Å². The monoisotopic (exact) mass is 515 g/mol. The van der Waals surface area contributed by atoms with Crippen molar-refractivity contribution < 1.29 is 22.3 Å². The molecule has 0 atom stereocenters. The molecule has 0 bridgehead atoms. The van der Waals surface area contributed by atoms with Gasteiger partial charge in [0, 0.05) is 48.4 Å². The molecule has 6 rings (SSSR count). The number of para-hydroxylation sites is 1. The standard InChI is InChI=1S/C25H24F3N5O2S/c26-20-8-16(22-29-30-23(35-22)21(27)28)6-7-17(20)9-33(18-4-2-1-3-5-18)24(36)32-14-25(15-32)12-31(13-25)19-10-34-11-19/h1-8,19,21H,9-15H2. The Morgan fingerprint density at radius 2 is 1.83 bits per heavy atom. The minimum absolute atomic E-state index is 0.153. The normalized spacial score (nSPS) is 19.2. The largest absolute Gasteiger partial charge is 0.415 e. The molecule has 1 aromatic heterocycles. The van der Waals surface area contributed by atoms with Gasteiger partial charge >= 0.3 is 6.43 Å². The summed E-state index contributed by atoms with van der Waals surface area (Å²) in [5.41, 5.74) is 1.79. The highest BCUT2D eigenvalue weighted by atomic mass is 32.1. The smallest absolute Gasteiger partial charge is 0.314 e. The third-order valence-electron chi connectivity index (χ3n) is 7.09. The highest BCUT2D eigenvalue weighted by Crippen LogP contribution is 2.42. The van der Waals surface area contributed by atoms with Gasteiger partial charge in [-0.3, -0.25) is 4.90 Å². The molecule has 188 valence electrons. The predicted molar refractivity (Wildman–Crippen MR) is 130 cm³/mol. The van der Waals surface area contributed by atoms with E-state index in [0.717, 1.165) is 45.1 Å². The zero-order chi connectivity index (χ0) is 24.9. The van der Waals surface area contributed by atoms with E-state index in [1.807, 2.05) is 35.2 Å². The van der Waals surface area contributed by atoms with Crippen molar-refractivity contribution in [2.75, 3.05) is 44.3 Å². The predicted octanol–water partition coefficient (Wildman–Crippen LogP) is 4.12. The number of anilines is 1. The minimum atomic E-state index is -2.88. The number of hydrogen-bond donors (Lipinski definition) is 0. The van der Waals surface area contributed by atoms with Crippen molar-refractivity contribution in [2.24, 2.45) is 5.41 Å². The molecule has 11 heteroatoms. The third kappa shape index (κ3) is 4.25. The van der Waals surface area contributed by atoms with Gasteiger partial charge in [-0.25, -0.2) is 4.39 Å². The van der Waals surface area contributed by atoms with Gasteiger partial charge < -0.3 is 19.0 Å². The van der Waals surface area contributed by atoms with E-state index in [9.17, 15) is 8.78 Å². The number of alkyl halides is 2. The molecule has 3 saturated heterocycles. The van der Waals surface area contributed by atoms with Gasteiger partial charge in [0.2, 0.25) is 5.89 Å². The first-order valence-corrected chi connectivity index (χ1v) is 12.2. The summed E-state index contributed by atoms with van der Waals surface area (Å²) in [5.74, 6) is -1.46. The van der Waals surface area contributed by atoms with E-state index in [-0.39, 0.29) is 23.4 Å². The lowest BCUT2D eigenvalue weighted by Gasteiger charge is -2.63. The lowest BCUT2D eigenvalue weighted by molar-refractivity contribution is -0.162. The van der Waals surface area contributed by atoms with Crippen LogP contribution in [0.5, 0.6) is 0 Å². The van der Waals surface area contributed by atoms with Crippen LogP contribution in [0.4, 0.5) is 18.9 Å². The molecule has 2 aromatic carbocycles. The summed E-state index contributed by atoms with van der Waals surface area (Å²) >= 11 is 5.88. The molecule has 3 aliphatic heterocycles. The molecule has 0 radical (unpaired) electrons. The van der Waals surface area contributed by atoms with Crippen molar-refractivity contribution in [2.45, 2.75) is 19.0 Å².